The van der Waals surface area contributed by atoms with Crippen LogP contribution >= 0.6 is 0 Å². The Labute approximate surface area is 118 Å². The molecule has 1 atom stereocenters. The molecule has 20 heavy (non-hydrogen) atoms. The maximum absolute atomic E-state index is 6.30. The number of hydrogen-bond acceptors (Lipinski definition) is 5. The number of benzene rings is 1. The summed E-state index contributed by atoms with van der Waals surface area (Å²) in [7, 11) is 4.74. The van der Waals surface area contributed by atoms with Gasteiger partial charge in [-0.05, 0) is 29.8 Å². The minimum atomic E-state index is -0.326. The van der Waals surface area contributed by atoms with Crippen LogP contribution in [0.15, 0.2) is 36.7 Å². The van der Waals surface area contributed by atoms with Crippen LogP contribution in [0.25, 0.3) is 0 Å². The summed E-state index contributed by atoms with van der Waals surface area (Å²) in [6.07, 6.45) is 3.42. The summed E-state index contributed by atoms with van der Waals surface area (Å²) >= 11 is 0. The molecule has 0 spiro atoms. The number of pyridine rings is 1. The molecule has 0 saturated heterocycles. The zero-order valence-electron chi connectivity index (χ0n) is 11.8. The maximum Gasteiger partial charge on any atom is 0.203 e. The van der Waals surface area contributed by atoms with E-state index >= 15 is 0 Å². The minimum absolute atomic E-state index is 0.326. The van der Waals surface area contributed by atoms with Crippen LogP contribution in [0.1, 0.15) is 17.2 Å². The highest BCUT2D eigenvalue weighted by atomic mass is 16.5. The first-order valence-electron chi connectivity index (χ1n) is 6.17. The fourth-order valence-electron chi connectivity index (χ4n) is 2.12. The molecule has 0 fully saturated rings. The third-order valence-corrected chi connectivity index (χ3v) is 3.13. The van der Waals surface area contributed by atoms with Gasteiger partial charge in [-0.1, -0.05) is 0 Å². The lowest BCUT2D eigenvalue weighted by Gasteiger charge is -2.19. The summed E-state index contributed by atoms with van der Waals surface area (Å²) in [6.45, 7) is 0. The molecule has 0 aliphatic carbocycles. The van der Waals surface area contributed by atoms with Gasteiger partial charge in [-0.25, -0.2) is 0 Å². The number of hydrogen-bond donors (Lipinski definition) is 1. The van der Waals surface area contributed by atoms with Crippen molar-refractivity contribution in [2.45, 2.75) is 6.04 Å². The van der Waals surface area contributed by atoms with Gasteiger partial charge in [-0.3, -0.25) is 4.98 Å². The summed E-state index contributed by atoms with van der Waals surface area (Å²) in [4.78, 5) is 3.99. The van der Waals surface area contributed by atoms with Crippen LogP contribution in [0.4, 0.5) is 0 Å². The number of aromatic nitrogens is 1. The molecule has 1 unspecified atom stereocenters. The summed E-state index contributed by atoms with van der Waals surface area (Å²) in [6, 6.07) is 7.12. The second kappa shape index (κ2) is 6.25. The number of methoxy groups -OCH3 is 3. The monoisotopic (exact) mass is 274 g/mol. The second-order valence-electron chi connectivity index (χ2n) is 4.18. The van der Waals surface area contributed by atoms with Crippen LogP contribution in [0.5, 0.6) is 17.2 Å². The molecule has 0 aliphatic rings. The molecular formula is C15H18N2O3. The van der Waals surface area contributed by atoms with Gasteiger partial charge in [0.15, 0.2) is 11.5 Å². The van der Waals surface area contributed by atoms with Gasteiger partial charge in [0.25, 0.3) is 0 Å². The van der Waals surface area contributed by atoms with E-state index < -0.39 is 0 Å². The molecule has 0 aliphatic heterocycles. The van der Waals surface area contributed by atoms with Gasteiger partial charge in [0, 0.05) is 18.0 Å². The third-order valence-electron chi connectivity index (χ3n) is 3.13. The molecule has 0 saturated carbocycles. The smallest absolute Gasteiger partial charge is 0.203 e. The van der Waals surface area contributed by atoms with E-state index in [0.29, 0.717) is 17.2 Å². The molecule has 2 N–H and O–H groups in total. The lowest BCUT2D eigenvalue weighted by atomic mass is 9.99. The Hall–Kier alpha value is -2.27. The van der Waals surface area contributed by atoms with E-state index in [1.165, 1.54) is 0 Å². The van der Waals surface area contributed by atoms with Gasteiger partial charge in [0.2, 0.25) is 5.75 Å². The molecule has 1 aromatic heterocycles. The Bertz CT molecular complexity index is 573. The van der Waals surface area contributed by atoms with Crippen molar-refractivity contribution in [2.24, 2.45) is 5.73 Å². The molecule has 5 heteroatoms. The van der Waals surface area contributed by atoms with E-state index in [9.17, 15) is 0 Å². The predicted octanol–water partition coefficient (Wildman–Crippen LogP) is 2.16. The molecule has 0 amide bonds. The maximum atomic E-state index is 6.30. The lowest BCUT2D eigenvalue weighted by Crippen LogP contribution is -2.13. The van der Waals surface area contributed by atoms with Gasteiger partial charge in [-0.15, -0.1) is 0 Å². The third kappa shape index (κ3) is 2.53. The standard InChI is InChI=1S/C15H18N2O3/c1-18-12-5-4-11(14(19-2)15(12)20-3)13(16)10-6-8-17-9-7-10/h4-9,13H,16H2,1-3H3. The van der Waals surface area contributed by atoms with Crippen LogP contribution in [-0.2, 0) is 0 Å². The zero-order valence-corrected chi connectivity index (χ0v) is 11.8. The highest BCUT2D eigenvalue weighted by Gasteiger charge is 2.20. The summed E-state index contributed by atoms with van der Waals surface area (Å²) < 4.78 is 16.1. The number of nitrogens with two attached hydrogens (primary N) is 1. The van der Waals surface area contributed by atoms with Crippen LogP contribution in [0, 0.1) is 0 Å². The SMILES string of the molecule is COc1ccc(C(N)c2ccncc2)c(OC)c1OC. The predicted molar refractivity (Wildman–Crippen MR) is 76.4 cm³/mol. The van der Waals surface area contributed by atoms with Crippen LogP contribution in [0.3, 0.4) is 0 Å². The van der Waals surface area contributed by atoms with E-state index in [1.54, 1.807) is 33.7 Å². The van der Waals surface area contributed by atoms with Gasteiger partial charge in [-0.2, -0.15) is 0 Å². The van der Waals surface area contributed by atoms with Crippen molar-refractivity contribution in [1.82, 2.24) is 4.98 Å². The van der Waals surface area contributed by atoms with E-state index in [4.69, 9.17) is 19.9 Å². The minimum Gasteiger partial charge on any atom is -0.493 e. The van der Waals surface area contributed by atoms with Crippen molar-refractivity contribution in [1.29, 1.82) is 0 Å². The molecule has 106 valence electrons. The highest BCUT2D eigenvalue weighted by molar-refractivity contribution is 5.57. The van der Waals surface area contributed by atoms with Gasteiger partial charge in [0.05, 0.1) is 27.4 Å². The molecule has 1 heterocycles. The number of nitrogens with zero attached hydrogens (tertiary/aromatic N) is 1. The van der Waals surface area contributed by atoms with E-state index in [-0.39, 0.29) is 6.04 Å². The van der Waals surface area contributed by atoms with Crippen molar-refractivity contribution in [3.8, 4) is 17.2 Å². The van der Waals surface area contributed by atoms with E-state index in [2.05, 4.69) is 4.98 Å². The Morgan fingerprint density at radius 3 is 2.10 bits per heavy atom. The van der Waals surface area contributed by atoms with Crippen LogP contribution in [-0.4, -0.2) is 26.3 Å². The molecule has 0 radical (unpaired) electrons. The molecule has 5 nitrogen and oxygen atoms in total. The first-order valence-corrected chi connectivity index (χ1v) is 6.17. The Morgan fingerprint density at radius 2 is 1.55 bits per heavy atom. The Morgan fingerprint density at radius 1 is 0.900 bits per heavy atom. The van der Waals surface area contributed by atoms with Crippen molar-refractivity contribution in [3.63, 3.8) is 0 Å². The first kappa shape index (κ1) is 14.1. The first-order chi connectivity index (χ1) is 9.72. The topological polar surface area (TPSA) is 66.6 Å². The molecule has 0 bridgehead atoms. The molecular weight excluding hydrogens is 256 g/mol. The fraction of sp³-hybridized carbons (Fsp3) is 0.267. The summed E-state index contributed by atoms with van der Waals surface area (Å²) in [5.74, 6) is 1.73. The van der Waals surface area contributed by atoms with Crippen LogP contribution < -0.4 is 19.9 Å². The van der Waals surface area contributed by atoms with Gasteiger partial charge >= 0.3 is 0 Å². The Kier molecular flexibility index (Phi) is 4.42. The van der Waals surface area contributed by atoms with Crippen molar-refractivity contribution >= 4 is 0 Å². The average Bonchev–Trinajstić information content (AvgIpc) is 2.53. The normalized spacial score (nSPS) is 11.8. The highest BCUT2D eigenvalue weighted by Crippen LogP contribution is 2.42. The fourth-order valence-corrected chi connectivity index (χ4v) is 2.12. The van der Waals surface area contributed by atoms with Gasteiger partial charge in [0.1, 0.15) is 0 Å². The van der Waals surface area contributed by atoms with E-state index in [0.717, 1.165) is 11.1 Å². The van der Waals surface area contributed by atoms with Crippen molar-refractivity contribution in [3.05, 3.63) is 47.8 Å². The second-order valence-corrected chi connectivity index (χ2v) is 4.18. The van der Waals surface area contributed by atoms with Gasteiger partial charge < -0.3 is 19.9 Å². The summed E-state index contributed by atoms with van der Waals surface area (Å²) in [5.41, 5.74) is 8.08. The quantitative estimate of drug-likeness (QED) is 0.905. The Balaban J connectivity index is 2.51. The van der Waals surface area contributed by atoms with E-state index in [1.807, 2.05) is 24.3 Å². The average molecular weight is 274 g/mol. The number of ether oxygens (including phenoxy) is 3. The van der Waals surface area contributed by atoms with Crippen LogP contribution in [0.2, 0.25) is 0 Å². The molecule has 2 rings (SSSR count). The number of rotatable bonds is 5. The zero-order chi connectivity index (χ0) is 14.5. The lowest BCUT2D eigenvalue weighted by molar-refractivity contribution is 0.321. The molecule has 2 aromatic rings. The van der Waals surface area contributed by atoms with Crippen molar-refractivity contribution < 1.29 is 14.2 Å². The van der Waals surface area contributed by atoms with Crippen molar-refractivity contribution in [2.75, 3.05) is 21.3 Å². The summed E-state index contributed by atoms with van der Waals surface area (Å²) in [5, 5.41) is 0. The largest absolute Gasteiger partial charge is 0.493 e. The molecule has 1 aromatic carbocycles.